The molecule has 0 saturated carbocycles. The van der Waals surface area contributed by atoms with Crippen molar-refractivity contribution in [2.45, 2.75) is 40.3 Å². The molecule has 6 heteroatoms. The van der Waals surface area contributed by atoms with Crippen LogP contribution in [0.25, 0.3) is 10.9 Å². The van der Waals surface area contributed by atoms with Gasteiger partial charge in [-0.2, -0.15) is 0 Å². The third kappa shape index (κ3) is 3.70. The van der Waals surface area contributed by atoms with Crippen molar-refractivity contribution in [2.24, 2.45) is 5.92 Å². The largest absolute Gasteiger partial charge is 0.493 e. The van der Waals surface area contributed by atoms with Crippen molar-refractivity contribution in [3.05, 3.63) is 28.3 Å². The van der Waals surface area contributed by atoms with E-state index in [1.807, 2.05) is 0 Å². The fraction of sp³-hybridized carbons (Fsp3) is 0.556. The van der Waals surface area contributed by atoms with E-state index < -0.39 is 0 Å². The maximum atomic E-state index is 12.4. The van der Waals surface area contributed by atoms with Crippen LogP contribution in [0.5, 0.6) is 11.5 Å². The molecule has 2 rings (SSSR count). The molecule has 1 aromatic heterocycles. The predicted molar refractivity (Wildman–Crippen MR) is 95.9 cm³/mol. The Morgan fingerprint density at radius 3 is 2.33 bits per heavy atom. The summed E-state index contributed by atoms with van der Waals surface area (Å²) in [5.41, 5.74) is 0.448. The molecule has 1 aromatic carbocycles. The molecule has 24 heavy (non-hydrogen) atoms. The normalized spacial score (nSPS) is 12.8. The summed E-state index contributed by atoms with van der Waals surface area (Å²) in [6.07, 6.45) is 0. The average Bonchev–Trinajstić information content (AvgIpc) is 2.57. The molecule has 0 spiro atoms. The van der Waals surface area contributed by atoms with Gasteiger partial charge in [0.2, 0.25) is 0 Å². The molecule has 1 atom stereocenters. The second-order valence-electron chi connectivity index (χ2n) is 6.28. The van der Waals surface area contributed by atoms with Gasteiger partial charge in [-0.05, 0) is 25.5 Å². The van der Waals surface area contributed by atoms with Crippen LogP contribution in [0.4, 0.5) is 0 Å². The first-order valence-corrected chi connectivity index (χ1v) is 8.30. The maximum absolute atomic E-state index is 12.4. The predicted octanol–water partition coefficient (Wildman–Crippen LogP) is 2.81. The third-order valence-corrected chi connectivity index (χ3v) is 4.56. The van der Waals surface area contributed by atoms with Gasteiger partial charge in [0.05, 0.1) is 31.7 Å². The summed E-state index contributed by atoms with van der Waals surface area (Å²) in [6, 6.07) is 3.81. The van der Waals surface area contributed by atoms with Crippen LogP contribution in [0.15, 0.2) is 16.9 Å². The van der Waals surface area contributed by atoms with Crippen molar-refractivity contribution in [2.75, 3.05) is 20.8 Å². The second kappa shape index (κ2) is 7.66. The van der Waals surface area contributed by atoms with Gasteiger partial charge in [-0.1, -0.05) is 20.8 Å². The van der Waals surface area contributed by atoms with Crippen LogP contribution < -0.4 is 15.0 Å². The number of hydrogen-bond acceptors (Lipinski definition) is 5. The summed E-state index contributed by atoms with van der Waals surface area (Å²) in [5, 5.41) is 0.497. The number of aromatic nitrogens is 2. The lowest BCUT2D eigenvalue weighted by Crippen LogP contribution is -2.37. The van der Waals surface area contributed by atoms with E-state index in [0.717, 1.165) is 6.54 Å². The lowest BCUT2D eigenvalue weighted by Gasteiger charge is -2.30. The van der Waals surface area contributed by atoms with Crippen molar-refractivity contribution < 1.29 is 9.47 Å². The molecule has 0 aliphatic rings. The molecule has 0 radical (unpaired) electrons. The number of aromatic amines is 1. The average molecular weight is 333 g/mol. The van der Waals surface area contributed by atoms with Gasteiger partial charge in [0.25, 0.3) is 5.56 Å². The van der Waals surface area contributed by atoms with E-state index >= 15 is 0 Å². The van der Waals surface area contributed by atoms with E-state index in [0.29, 0.717) is 46.7 Å². The lowest BCUT2D eigenvalue weighted by molar-refractivity contribution is 0.165. The van der Waals surface area contributed by atoms with Crippen LogP contribution in [0.3, 0.4) is 0 Å². The number of nitrogens with one attached hydrogen (secondary N) is 1. The van der Waals surface area contributed by atoms with E-state index in [1.54, 1.807) is 26.4 Å². The van der Waals surface area contributed by atoms with Gasteiger partial charge in [-0.3, -0.25) is 9.69 Å². The third-order valence-electron chi connectivity index (χ3n) is 4.56. The Kier molecular flexibility index (Phi) is 5.83. The first kappa shape index (κ1) is 18.3. The summed E-state index contributed by atoms with van der Waals surface area (Å²) in [5.74, 6) is 2.28. The van der Waals surface area contributed by atoms with E-state index in [4.69, 9.17) is 9.47 Å². The van der Waals surface area contributed by atoms with Crippen LogP contribution in [0.1, 0.15) is 33.5 Å². The number of H-pyrrole nitrogens is 1. The fourth-order valence-corrected chi connectivity index (χ4v) is 2.75. The maximum Gasteiger partial charge on any atom is 0.258 e. The Morgan fingerprint density at radius 1 is 1.17 bits per heavy atom. The Balaban J connectivity index is 2.44. The Bertz CT molecular complexity index is 755. The first-order chi connectivity index (χ1) is 11.4. The van der Waals surface area contributed by atoms with Crippen molar-refractivity contribution in [1.82, 2.24) is 14.9 Å². The molecule has 0 aliphatic carbocycles. The molecule has 2 aromatic rings. The smallest absolute Gasteiger partial charge is 0.258 e. The van der Waals surface area contributed by atoms with Gasteiger partial charge in [0.15, 0.2) is 11.5 Å². The molecule has 0 bridgehead atoms. The molecule has 132 valence electrons. The lowest BCUT2D eigenvalue weighted by atomic mass is 10.0. The van der Waals surface area contributed by atoms with Crippen LogP contribution in [-0.4, -0.2) is 41.7 Å². The van der Waals surface area contributed by atoms with Crippen molar-refractivity contribution in [3.63, 3.8) is 0 Å². The van der Waals surface area contributed by atoms with Gasteiger partial charge in [0.1, 0.15) is 5.82 Å². The highest BCUT2D eigenvalue weighted by Gasteiger charge is 2.18. The van der Waals surface area contributed by atoms with Crippen LogP contribution >= 0.6 is 0 Å². The summed E-state index contributed by atoms with van der Waals surface area (Å²) in [4.78, 5) is 22.2. The minimum Gasteiger partial charge on any atom is -0.493 e. The SMILES string of the molecule is CCN(Cc1nc2cc(OC)c(OC)cc2c(=O)[nH]1)[C@@H](C)C(C)C. The van der Waals surface area contributed by atoms with E-state index in [9.17, 15) is 4.79 Å². The highest BCUT2D eigenvalue weighted by atomic mass is 16.5. The molecule has 0 saturated heterocycles. The minimum atomic E-state index is -0.163. The Labute approximate surface area is 142 Å². The molecular weight excluding hydrogens is 306 g/mol. The zero-order valence-electron chi connectivity index (χ0n) is 15.3. The Morgan fingerprint density at radius 2 is 1.79 bits per heavy atom. The molecule has 1 N–H and O–H groups in total. The second-order valence-corrected chi connectivity index (χ2v) is 6.28. The molecule has 0 aliphatic heterocycles. The first-order valence-electron chi connectivity index (χ1n) is 8.30. The molecule has 0 amide bonds. The van der Waals surface area contributed by atoms with Gasteiger partial charge in [-0.25, -0.2) is 4.98 Å². The van der Waals surface area contributed by atoms with Gasteiger partial charge in [0, 0.05) is 12.1 Å². The van der Waals surface area contributed by atoms with E-state index in [-0.39, 0.29) is 5.56 Å². The number of nitrogens with zero attached hydrogens (tertiary/aromatic N) is 2. The summed E-state index contributed by atoms with van der Waals surface area (Å²) >= 11 is 0. The number of fused-ring (bicyclic) bond motifs is 1. The Hall–Kier alpha value is -2.08. The zero-order valence-corrected chi connectivity index (χ0v) is 15.3. The van der Waals surface area contributed by atoms with Gasteiger partial charge >= 0.3 is 0 Å². The molecule has 6 nitrogen and oxygen atoms in total. The van der Waals surface area contributed by atoms with E-state index in [2.05, 4.69) is 42.6 Å². The van der Waals surface area contributed by atoms with Crippen molar-refractivity contribution in [3.8, 4) is 11.5 Å². The van der Waals surface area contributed by atoms with Crippen molar-refractivity contribution >= 4 is 10.9 Å². The van der Waals surface area contributed by atoms with Crippen LogP contribution in [-0.2, 0) is 6.54 Å². The summed E-state index contributed by atoms with van der Waals surface area (Å²) in [6.45, 7) is 10.2. The van der Waals surface area contributed by atoms with E-state index in [1.165, 1.54) is 0 Å². The van der Waals surface area contributed by atoms with Crippen LogP contribution in [0.2, 0.25) is 0 Å². The fourth-order valence-electron chi connectivity index (χ4n) is 2.75. The highest BCUT2D eigenvalue weighted by Crippen LogP contribution is 2.30. The topological polar surface area (TPSA) is 67.5 Å². The number of methoxy groups -OCH3 is 2. The summed E-state index contributed by atoms with van der Waals surface area (Å²) < 4.78 is 10.6. The number of benzene rings is 1. The monoisotopic (exact) mass is 333 g/mol. The number of ether oxygens (including phenoxy) is 2. The zero-order chi connectivity index (χ0) is 17.9. The number of hydrogen-bond donors (Lipinski definition) is 1. The summed E-state index contributed by atoms with van der Waals surface area (Å²) in [7, 11) is 3.12. The molecule has 0 unspecified atom stereocenters. The standard InChI is InChI=1S/C18H27N3O3/c1-7-21(12(4)11(2)3)10-17-19-14-9-16(24-6)15(23-5)8-13(14)18(22)20-17/h8-9,11-12H,7,10H2,1-6H3,(H,19,20,22)/t12-/m0/s1. The number of rotatable bonds is 7. The molecule has 1 heterocycles. The van der Waals surface area contributed by atoms with Gasteiger partial charge in [-0.15, -0.1) is 0 Å². The van der Waals surface area contributed by atoms with Crippen LogP contribution in [0, 0.1) is 5.92 Å². The molecule has 0 fully saturated rings. The quantitative estimate of drug-likeness (QED) is 0.844. The van der Waals surface area contributed by atoms with Gasteiger partial charge < -0.3 is 14.5 Å². The highest BCUT2D eigenvalue weighted by molar-refractivity contribution is 5.81. The molecular formula is C18H27N3O3. The minimum absolute atomic E-state index is 0.163. The van der Waals surface area contributed by atoms with Crippen molar-refractivity contribution in [1.29, 1.82) is 0 Å².